The Kier molecular flexibility index (Phi) is 3.13. The predicted octanol–water partition coefficient (Wildman–Crippen LogP) is 2.47. The van der Waals surface area contributed by atoms with E-state index in [4.69, 9.17) is 5.73 Å². The Morgan fingerprint density at radius 2 is 2.45 bits per heavy atom. The highest BCUT2D eigenvalue weighted by Gasteiger charge is 2.13. The monoisotopic (exact) mass is 153 g/mol. The van der Waals surface area contributed by atoms with Crippen LogP contribution in [0.1, 0.15) is 39.5 Å². The van der Waals surface area contributed by atoms with Crippen LogP contribution in [-0.4, -0.2) is 6.04 Å². The van der Waals surface area contributed by atoms with E-state index in [-0.39, 0.29) is 0 Å². The topological polar surface area (TPSA) is 26.0 Å². The molecule has 11 heavy (non-hydrogen) atoms. The summed E-state index contributed by atoms with van der Waals surface area (Å²) in [4.78, 5) is 0. The summed E-state index contributed by atoms with van der Waals surface area (Å²) in [6, 6.07) is 0.341. The van der Waals surface area contributed by atoms with E-state index in [0.29, 0.717) is 6.04 Å². The van der Waals surface area contributed by atoms with E-state index in [0.717, 1.165) is 5.92 Å². The first-order chi connectivity index (χ1) is 5.24. The predicted molar refractivity (Wildman–Crippen MR) is 49.4 cm³/mol. The van der Waals surface area contributed by atoms with Crippen LogP contribution in [0, 0.1) is 5.92 Å². The minimum absolute atomic E-state index is 0.341. The summed E-state index contributed by atoms with van der Waals surface area (Å²) in [5.74, 6) is 0.751. The summed E-state index contributed by atoms with van der Waals surface area (Å²) < 4.78 is 0. The summed E-state index contributed by atoms with van der Waals surface area (Å²) in [7, 11) is 0. The maximum absolute atomic E-state index is 5.84. The Labute approximate surface area is 69.7 Å². The van der Waals surface area contributed by atoms with Gasteiger partial charge in [0, 0.05) is 6.04 Å². The molecule has 0 aromatic heterocycles. The first kappa shape index (κ1) is 8.79. The third-order valence-electron chi connectivity index (χ3n) is 2.68. The zero-order chi connectivity index (χ0) is 8.27. The number of allylic oxidation sites excluding steroid dienone is 1. The Morgan fingerprint density at radius 1 is 1.73 bits per heavy atom. The number of hydrogen-bond donors (Lipinski definition) is 1. The van der Waals surface area contributed by atoms with Crippen molar-refractivity contribution in [2.24, 2.45) is 11.7 Å². The Balaban J connectivity index is 2.55. The minimum Gasteiger partial charge on any atom is -0.324 e. The fourth-order valence-electron chi connectivity index (χ4n) is 1.66. The first-order valence-electron chi connectivity index (χ1n) is 4.70. The van der Waals surface area contributed by atoms with Crippen LogP contribution in [0.15, 0.2) is 11.6 Å². The SMILES string of the molecule is CCC(C)C1=CC(N)CCC1. The molecule has 2 atom stereocenters. The van der Waals surface area contributed by atoms with E-state index < -0.39 is 0 Å². The molecular weight excluding hydrogens is 134 g/mol. The summed E-state index contributed by atoms with van der Waals surface area (Å²) in [6.45, 7) is 4.54. The summed E-state index contributed by atoms with van der Waals surface area (Å²) in [5.41, 5.74) is 7.43. The van der Waals surface area contributed by atoms with Crippen LogP contribution < -0.4 is 5.73 Å². The van der Waals surface area contributed by atoms with Crippen molar-refractivity contribution in [3.63, 3.8) is 0 Å². The van der Waals surface area contributed by atoms with Crippen molar-refractivity contribution in [2.75, 3.05) is 0 Å². The molecule has 0 aromatic carbocycles. The summed E-state index contributed by atoms with van der Waals surface area (Å²) in [5, 5.41) is 0. The lowest BCUT2D eigenvalue weighted by Crippen LogP contribution is -2.21. The molecule has 0 heterocycles. The minimum atomic E-state index is 0.341. The molecule has 2 N–H and O–H groups in total. The Hall–Kier alpha value is -0.300. The van der Waals surface area contributed by atoms with E-state index in [1.165, 1.54) is 25.7 Å². The van der Waals surface area contributed by atoms with E-state index >= 15 is 0 Å². The molecular formula is C10H19N. The van der Waals surface area contributed by atoms with E-state index in [1.807, 2.05) is 0 Å². The molecule has 1 heteroatoms. The molecule has 0 saturated carbocycles. The summed E-state index contributed by atoms with van der Waals surface area (Å²) in [6.07, 6.45) is 7.27. The largest absolute Gasteiger partial charge is 0.324 e. The second-order valence-electron chi connectivity index (χ2n) is 3.61. The van der Waals surface area contributed by atoms with Gasteiger partial charge in [0.25, 0.3) is 0 Å². The molecule has 0 bridgehead atoms. The normalized spacial score (nSPS) is 27.9. The van der Waals surface area contributed by atoms with E-state index in [9.17, 15) is 0 Å². The smallest absolute Gasteiger partial charge is 0.0226 e. The number of nitrogens with two attached hydrogens (primary N) is 1. The van der Waals surface area contributed by atoms with Crippen LogP contribution in [0.4, 0.5) is 0 Å². The molecule has 0 spiro atoms. The third-order valence-corrected chi connectivity index (χ3v) is 2.68. The average molecular weight is 153 g/mol. The quantitative estimate of drug-likeness (QED) is 0.606. The maximum atomic E-state index is 5.84. The zero-order valence-electron chi connectivity index (χ0n) is 7.64. The van der Waals surface area contributed by atoms with Crippen LogP contribution in [0.5, 0.6) is 0 Å². The molecule has 1 aliphatic carbocycles. The van der Waals surface area contributed by atoms with Crippen LogP contribution >= 0.6 is 0 Å². The Morgan fingerprint density at radius 3 is 3.00 bits per heavy atom. The highest BCUT2D eigenvalue weighted by atomic mass is 14.6. The van der Waals surface area contributed by atoms with Gasteiger partial charge in [0.2, 0.25) is 0 Å². The molecule has 1 rings (SSSR count). The van der Waals surface area contributed by atoms with Crippen molar-refractivity contribution >= 4 is 0 Å². The lowest BCUT2D eigenvalue weighted by atomic mass is 9.87. The summed E-state index contributed by atoms with van der Waals surface area (Å²) >= 11 is 0. The number of hydrogen-bond acceptors (Lipinski definition) is 1. The molecule has 0 saturated heterocycles. The molecule has 64 valence electrons. The van der Waals surface area contributed by atoms with Crippen molar-refractivity contribution in [1.29, 1.82) is 0 Å². The van der Waals surface area contributed by atoms with Gasteiger partial charge in [-0.3, -0.25) is 0 Å². The fraction of sp³-hybridized carbons (Fsp3) is 0.800. The first-order valence-corrected chi connectivity index (χ1v) is 4.70. The van der Waals surface area contributed by atoms with Crippen molar-refractivity contribution in [3.05, 3.63) is 11.6 Å². The lowest BCUT2D eigenvalue weighted by molar-refractivity contribution is 0.546. The second-order valence-corrected chi connectivity index (χ2v) is 3.61. The van der Waals surface area contributed by atoms with Crippen molar-refractivity contribution in [2.45, 2.75) is 45.6 Å². The van der Waals surface area contributed by atoms with Gasteiger partial charge in [0.05, 0.1) is 0 Å². The van der Waals surface area contributed by atoms with Gasteiger partial charge >= 0.3 is 0 Å². The van der Waals surface area contributed by atoms with Gasteiger partial charge < -0.3 is 5.73 Å². The molecule has 0 radical (unpaired) electrons. The van der Waals surface area contributed by atoms with Gasteiger partial charge in [-0.05, 0) is 31.6 Å². The highest BCUT2D eigenvalue weighted by Crippen LogP contribution is 2.25. The van der Waals surface area contributed by atoms with Crippen molar-refractivity contribution in [3.8, 4) is 0 Å². The van der Waals surface area contributed by atoms with Crippen LogP contribution in [0.2, 0.25) is 0 Å². The average Bonchev–Trinajstić information content (AvgIpc) is 2.03. The maximum Gasteiger partial charge on any atom is 0.0226 e. The highest BCUT2D eigenvalue weighted by molar-refractivity contribution is 5.12. The van der Waals surface area contributed by atoms with Crippen LogP contribution in [0.3, 0.4) is 0 Å². The molecule has 0 fully saturated rings. The van der Waals surface area contributed by atoms with Gasteiger partial charge in [-0.1, -0.05) is 25.5 Å². The molecule has 1 nitrogen and oxygen atoms in total. The molecule has 0 aromatic rings. The molecule has 0 amide bonds. The van der Waals surface area contributed by atoms with E-state index in [1.54, 1.807) is 5.57 Å². The second kappa shape index (κ2) is 3.91. The van der Waals surface area contributed by atoms with Crippen LogP contribution in [-0.2, 0) is 0 Å². The lowest BCUT2D eigenvalue weighted by Gasteiger charge is -2.21. The third kappa shape index (κ3) is 2.33. The molecule has 2 unspecified atom stereocenters. The van der Waals surface area contributed by atoms with Gasteiger partial charge in [0.1, 0.15) is 0 Å². The molecule has 0 aliphatic heterocycles. The molecule has 1 aliphatic rings. The van der Waals surface area contributed by atoms with E-state index in [2.05, 4.69) is 19.9 Å². The number of rotatable bonds is 2. The van der Waals surface area contributed by atoms with Crippen molar-refractivity contribution < 1.29 is 0 Å². The van der Waals surface area contributed by atoms with Crippen molar-refractivity contribution in [1.82, 2.24) is 0 Å². The van der Waals surface area contributed by atoms with Gasteiger partial charge in [-0.25, -0.2) is 0 Å². The van der Waals surface area contributed by atoms with Crippen LogP contribution in [0.25, 0.3) is 0 Å². The van der Waals surface area contributed by atoms with Gasteiger partial charge in [0.15, 0.2) is 0 Å². The van der Waals surface area contributed by atoms with Gasteiger partial charge in [-0.15, -0.1) is 0 Å². The zero-order valence-corrected chi connectivity index (χ0v) is 7.64. The fourth-order valence-corrected chi connectivity index (χ4v) is 1.66. The van der Waals surface area contributed by atoms with Gasteiger partial charge in [-0.2, -0.15) is 0 Å². The standard InChI is InChI=1S/C10H19N/c1-3-8(2)9-5-4-6-10(11)7-9/h7-8,10H,3-6,11H2,1-2H3. The Bertz CT molecular complexity index is 149.